The molecule has 1 atom stereocenters. The molecule has 0 aromatic heterocycles. The molecule has 0 amide bonds. The summed E-state index contributed by atoms with van der Waals surface area (Å²) < 4.78 is 0. The first kappa shape index (κ1) is 19.3. The number of nitrogens with zero attached hydrogens (tertiary/aromatic N) is 1. The van der Waals surface area contributed by atoms with Gasteiger partial charge in [-0.3, -0.25) is 0 Å². The average molecular weight is 315 g/mol. The Morgan fingerprint density at radius 3 is 2.24 bits per heavy atom. The average Bonchev–Trinajstić information content (AvgIpc) is 2.68. The third kappa shape index (κ3) is 7.38. The Hall–Kier alpha value is 0.270. The maximum atomic E-state index is 3.74. The van der Waals surface area contributed by atoms with Gasteiger partial charge >= 0.3 is 0 Å². The molecule has 1 saturated carbocycles. The van der Waals surface area contributed by atoms with Gasteiger partial charge in [0.1, 0.15) is 0 Å². The van der Waals surface area contributed by atoms with E-state index in [1.54, 1.807) is 0 Å². The van der Waals surface area contributed by atoms with Gasteiger partial charge in [0.15, 0.2) is 0 Å². The minimum absolute atomic E-state index is 0.503. The van der Waals surface area contributed by atoms with Crippen LogP contribution in [0.4, 0.5) is 0 Å². The minimum Gasteiger partial charge on any atom is -0.314 e. The Balaban J connectivity index is 2.62. The molecule has 0 radical (unpaired) electrons. The summed E-state index contributed by atoms with van der Waals surface area (Å²) in [6.45, 7) is 9.41. The van der Waals surface area contributed by atoms with E-state index in [9.17, 15) is 0 Å². The van der Waals surface area contributed by atoms with Crippen molar-refractivity contribution in [2.24, 2.45) is 5.41 Å². The van der Waals surface area contributed by atoms with E-state index in [0.29, 0.717) is 17.5 Å². The van der Waals surface area contributed by atoms with Gasteiger partial charge in [0.25, 0.3) is 0 Å². The molecule has 3 heteroatoms. The smallest absolute Gasteiger partial charge is 0.00719 e. The van der Waals surface area contributed by atoms with Gasteiger partial charge in [-0.25, -0.2) is 0 Å². The lowest BCUT2D eigenvalue weighted by Gasteiger charge is -2.39. The van der Waals surface area contributed by atoms with Crippen LogP contribution in [0.25, 0.3) is 0 Å². The highest BCUT2D eigenvalue weighted by molar-refractivity contribution is 7.98. The summed E-state index contributed by atoms with van der Waals surface area (Å²) in [4.78, 5) is 2.63. The van der Waals surface area contributed by atoms with Crippen LogP contribution in [0.5, 0.6) is 0 Å². The zero-order valence-corrected chi connectivity index (χ0v) is 15.9. The molecule has 1 aliphatic carbocycles. The largest absolute Gasteiger partial charge is 0.314 e. The summed E-state index contributed by atoms with van der Waals surface area (Å²) in [6, 6.07) is 1.31. The third-order valence-electron chi connectivity index (χ3n) is 5.13. The Morgan fingerprint density at radius 1 is 1.10 bits per heavy atom. The molecule has 1 N–H and O–H groups in total. The lowest BCUT2D eigenvalue weighted by molar-refractivity contribution is 0.117. The van der Waals surface area contributed by atoms with Crippen LogP contribution in [0, 0.1) is 5.41 Å². The summed E-state index contributed by atoms with van der Waals surface area (Å²) in [7, 11) is 2.34. The maximum Gasteiger partial charge on any atom is 0.00719 e. The molecule has 1 unspecified atom stereocenters. The predicted octanol–water partition coefficient (Wildman–Crippen LogP) is 4.40. The van der Waals surface area contributed by atoms with Crippen LogP contribution in [-0.2, 0) is 0 Å². The summed E-state index contributed by atoms with van der Waals surface area (Å²) in [5, 5.41) is 3.74. The predicted molar refractivity (Wildman–Crippen MR) is 98.4 cm³/mol. The Bertz CT molecular complexity index is 260. The highest BCUT2D eigenvalue weighted by Crippen LogP contribution is 2.36. The summed E-state index contributed by atoms with van der Waals surface area (Å²) in [5.41, 5.74) is 0.503. The fraction of sp³-hybridized carbons (Fsp3) is 1.00. The summed E-state index contributed by atoms with van der Waals surface area (Å²) >= 11 is 1.97. The first-order valence-electron chi connectivity index (χ1n) is 8.92. The van der Waals surface area contributed by atoms with E-state index in [0.717, 1.165) is 0 Å². The number of hydrogen-bond donors (Lipinski definition) is 1. The molecule has 0 aliphatic heterocycles. The van der Waals surface area contributed by atoms with Crippen LogP contribution in [0.3, 0.4) is 0 Å². The quantitative estimate of drug-likeness (QED) is 0.635. The Kier molecular flexibility index (Phi) is 9.31. The zero-order valence-electron chi connectivity index (χ0n) is 15.1. The molecule has 0 spiro atoms. The fourth-order valence-electron chi connectivity index (χ4n) is 3.48. The molecule has 1 fully saturated rings. The molecule has 21 heavy (non-hydrogen) atoms. The number of nitrogens with one attached hydrogen (secondary N) is 1. The van der Waals surface area contributed by atoms with E-state index in [4.69, 9.17) is 0 Å². The maximum absolute atomic E-state index is 3.74. The first-order chi connectivity index (χ1) is 9.99. The van der Waals surface area contributed by atoms with Crippen molar-refractivity contribution < 1.29 is 0 Å². The molecule has 0 saturated heterocycles. The van der Waals surface area contributed by atoms with Crippen molar-refractivity contribution in [3.8, 4) is 0 Å². The van der Waals surface area contributed by atoms with E-state index in [2.05, 4.69) is 44.3 Å². The topological polar surface area (TPSA) is 15.3 Å². The van der Waals surface area contributed by atoms with Crippen LogP contribution in [0.2, 0.25) is 0 Å². The summed E-state index contributed by atoms with van der Waals surface area (Å²) in [6.07, 6.45) is 12.1. The number of hydrogen-bond acceptors (Lipinski definition) is 3. The second-order valence-corrected chi connectivity index (χ2v) is 8.48. The van der Waals surface area contributed by atoms with Gasteiger partial charge in [0, 0.05) is 25.2 Å². The van der Waals surface area contributed by atoms with Crippen LogP contribution >= 0.6 is 11.8 Å². The van der Waals surface area contributed by atoms with Crippen LogP contribution in [0.15, 0.2) is 0 Å². The van der Waals surface area contributed by atoms with Crippen molar-refractivity contribution in [3.05, 3.63) is 0 Å². The molecular formula is C18H38N2S. The number of rotatable bonds is 9. The fourth-order valence-corrected chi connectivity index (χ4v) is 4.06. The van der Waals surface area contributed by atoms with E-state index >= 15 is 0 Å². The molecule has 0 aromatic carbocycles. The lowest BCUT2D eigenvalue weighted by Crippen LogP contribution is -2.46. The van der Waals surface area contributed by atoms with Crippen LogP contribution in [-0.4, -0.2) is 49.1 Å². The van der Waals surface area contributed by atoms with Gasteiger partial charge in [0.2, 0.25) is 0 Å². The van der Waals surface area contributed by atoms with Gasteiger partial charge in [-0.1, -0.05) is 39.5 Å². The lowest BCUT2D eigenvalue weighted by atomic mass is 9.79. The molecule has 0 heterocycles. The van der Waals surface area contributed by atoms with Gasteiger partial charge in [-0.05, 0) is 50.7 Å². The molecule has 126 valence electrons. The first-order valence-corrected chi connectivity index (χ1v) is 10.3. The highest BCUT2D eigenvalue weighted by atomic mass is 32.2. The SMILES string of the molecule is CSCCC(C)N(C)CC1(CNC(C)C)CCCCCC1. The Labute approximate surface area is 137 Å². The molecule has 0 aromatic rings. The van der Waals surface area contributed by atoms with Gasteiger partial charge < -0.3 is 10.2 Å². The van der Waals surface area contributed by atoms with E-state index in [1.165, 1.54) is 63.8 Å². The van der Waals surface area contributed by atoms with Gasteiger partial charge in [0.05, 0.1) is 0 Å². The van der Waals surface area contributed by atoms with Crippen molar-refractivity contribution in [1.29, 1.82) is 0 Å². The third-order valence-corrected chi connectivity index (χ3v) is 5.77. The minimum atomic E-state index is 0.503. The molecule has 0 bridgehead atoms. The Morgan fingerprint density at radius 2 is 1.71 bits per heavy atom. The van der Waals surface area contributed by atoms with Crippen molar-refractivity contribution in [2.75, 3.05) is 32.1 Å². The normalized spacial score (nSPS) is 20.7. The summed E-state index contributed by atoms with van der Waals surface area (Å²) in [5.74, 6) is 1.28. The van der Waals surface area contributed by atoms with Gasteiger partial charge in [-0.2, -0.15) is 11.8 Å². The standard InChI is InChI=1S/C18H38N2S/c1-16(2)19-14-18(11-8-6-7-9-12-18)15-20(4)17(3)10-13-21-5/h16-17,19H,6-15H2,1-5H3. The number of thioether (sulfide) groups is 1. The van der Waals surface area contributed by atoms with E-state index in [-0.39, 0.29) is 0 Å². The van der Waals surface area contributed by atoms with E-state index in [1.807, 2.05) is 11.8 Å². The monoisotopic (exact) mass is 314 g/mol. The van der Waals surface area contributed by atoms with E-state index < -0.39 is 0 Å². The molecule has 1 rings (SSSR count). The molecule has 2 nitrogen and oxygen atoms in total. The van der Waals surface area contributed by atoms with Crippen molar-refractivity contribution >= 4 is 11.8 Å². The highest BCUT2D eigenvalue weighted by Gasteiger charge is 2.33. The zero-order chi connectivity index (χ0) is 15.7. The van der Waals surface area contributed by atoms with Crippen molar-refractivity contribution in [1.82, 2.24) is 10.2 Å². The van der Waals surface area contributed by atoms with Crippen LogP contribution in [0.1, 0.15) is 65.7 Å². The second kappa shape index (κ2) is 10.1. The van der Waals surface area contributed by atoms with Gasteiger partial charge in [-0.15, -0.1) is 0 Å². The van der Waals surface area contributed by atoms with Crippen molar-refractivity contribution in [2.45, 2.75) is 77.8 Å². The molecular weight excluding hydrogens is 276 g/mol. The van der Waals surface area contributed by atoms with Crippen molar-refractivity contribution in [3.63, 3.8) is 0 Å². The second-order valence-electron chi connectivity index (χ2n) is 7.50. The van der Waals surface area contributed by atoms with Crippen LogP contribution < -0.4 is 5.32 Å². The molecule has 1 aliphatic rings.